The summed E-state index contributed by atoms with van der Waals surface area (Å²) in [4.78, 5) is 41.3. The Balaban J connectivity index is 1.32. The average Bonchev–Trinajstić information content (AvgIpc) is 3.30. The van der Waals surface area contributed by atoms with Gasteiger partial charge in [-0.2, -0.15) is 0 Å². The molecule has 2 atom stereocenters. The minimum absolute atomic E-state index is 0.187. The Hall–Kier alpha value is -3.80. The van der Waals surface area contributed by atoms with Crippen molar-refractivity contribution in [1.29, 1.82) is 0 Å². The van der Waals surface area contributed by atoms with Crippen LogP contribution in [-0.2, 0) is 16.1 Å². The lowest BCUT2D eigenvalue weighted by molar-refractivity contribution is -0.127. The molecule has 12 heteroatoms. The number of pyridine rings is 1. The Morgan fingerprint density at radius 3 is 2.80 bits per heavy atom. The van der Waals surface area contributed by atoms with Crippen LogP contribution in [0.4, 0.5) is 5.95 Å². The van der Waals surface area contributed by atoms with Crippen molar-refractivity contribution >= 4 is 29.4 Å². The summed E-state index contributed by atoms with van der Waals surface area (Å²) in [5, 5.41) is 16.7. The normalized spacial score (nSPS) is 16.8. The highest BCUT2D eigenvalue weighted by Crippen LogP contribution is 2.32. The van der Waals surface area contributed by atoms with Crippen LogP contribution in [0, 0.1) is 0 Å². The number of amides is 2. The molecule has 2 aliphatic rings. The summed E-state index contributed by atoms with van der Waals surface area (Å²) < 4.78 is 10.6. The fraction of sp³-hybridized carbons (Fsp3) is 0.393. The molecule has 0 aliphatic carbocycles. The first-order chi connectivity index (χ1) is 19.4. The van der Waals surface area contributed by atoms with Crippen LogP contribution in [-0.4, -0.2) is 75.8 Å². The number of aliphatic hydroxyl groups excluding tert-OH is 1. The number of nitrogens with zero attached hydrogens (tertiary/aromatic N) is 4. The largest absolute Gasteiger partial charge is 0.481 e. The number of rotatable bonds is 9. The summed E-state index contributed by atoms with van der Waals surface area (Å²) in [5.41, 5.74) is 2.92. The number of fused-ring (bicyclic) bond motifs is 1. The third-order valence-corrected chi connectivity index (χ3v) is 7.40. The molecule has 1 saturated heterocycles. The molecule has 2 amide bonds. The van der Waals surface area contributed by atoms with Crippen molar-refractivity contribution in [2.75, 3.05) is 32.2 Å². The molecule has 1 aromatic carbocycles. The molecule has 1 fully saturated rings. The molecule has 0 radical (unpaired) electrons. The van der Waals surface area contributed by atoms with Gasteiger partial charge in [0, 0.05) is 43.0 Å². The molecule has 0 bridgehead atoms. The number of nitrogens with one attached hydrogen (secondary N) is 2. The topological polar surface area (TPSA) is 139 Å². The van der Waals surface area contributed by atoms with E-state index in [0.717, 1.165) is 18.4 Å². The molecular formula is C28H31ClN6O5. The molecule has 11 nitrogen and oxygen atoms in total. The molecule has 3 N–H and O–H groups in total. The fourth-order valence-electron chi connectivity index (χ4n) is 4.88. The van der Waals surface area contributed by atoms with Gasteiger partial charge in [0.05, 0.1) is 42.4 Å². The lowest BCUT2D eigenvalue weighted by Crippen LogP contribution is -2.49. The highest BCUT2D eigenvalue weighted by molar-refractivity contribution is 6.33. The Bertz CT molecular complexity index is 1400. The Kier molecular flexibility index (Phi) is 8.43. The number of halogens is 1. The Morgan fingerprint density at radius 1 is 1.25 bits per heavy atom. The first-order valence-electron chi connectivity index (χ1n) is 13.1. The molecule has 0 saturated carbocycles. The second-order valence-corrected chi connectivity index (χ2v) is 10.2. The SMILES string of the molecule is COc1cccc([C@@H](C)NC(=O)[C@@H](CO)N2Cc3ccc(-c4nc(NC5CCOCC5)ncc4Cl)cc3C2=O)n1. The maximum absolute atomic E-state index is 13.5. The van der Waals surface area contributed by atoms with Gasteiger partial charge in [-0.15, -0.1) is 0 Å². The van der Waals surface area contributed by atoms with Crippen molar-refractivity contribution in [2.45, 2.75) is 44.4 Å². The fourth-order valence-corrected chi connectivity index (χ4v) is 5.08. The Labute approximate surface area is 236 Å². The minimum Gasteiger partial charge on any atom is -0.481 e. The van der Waals surface area contributed by atoms with Gasteiger partial charge in [0.1, 0.15) is 6.04 Å². The summed E-state index contributed by atoms with van der Waals surface area (Å²) >= 11 is 6.45. The molecule has 2 aliphatic heterocycles. The van der Waals surface area contributed by atoms with E-state index in [1.807, 2.05) is 12.1 Å². The number of ether oxygens (including phenoxy) is 2. The van der Waals surface area contributed by atoms with E-state index in [1.165, 1.54) is 18.2 Å². The molecule has 0 unspecified atom stereocenters. The van der Waals surface area contributed by atoms with E-state index in [0.29, 0.717) is 52.6 Å². The highest BCUT2D eigenvalue weighted by Gasteiger charge is 2.37. The number of hydrogen-bond donors (Lipinski definition) is 3. The summed E-state index contributed by atoms with van der Waals surface area (Å²) in [6, 6.07) is 9.31. The molecular weight excluding hydrogens is 536 g/mol. The quantitative estimate of drug-likeness (QED) is 0.357. The van der Waals surface area contributed by atoms with Crippen molar-refractivity contribution in [3.05, 3.63) is 64.4 Å². The van der Waals surface area contributed by atoms with Gasteiger partial charge < -0.3 is 30.1 Å². The molecule has 5 rings (SSSR count). The number of methoxy groups -OCH3 is 1. The third kappa shape index (κ3) is 5.86. The molecule has 40 heavy (non-hydrogen) atoms. The number of benzene rings is 1. The van der Waals surface area contributed by atoms with Crippen molar-refractivity contribution < 1.29 is 24.2 Å². The number of anilines is 1. The van der Waals surface area contributed by atoms with Gasteiger partial charge in [0.15, 0.2) is 0 Å². The van der Waals surface area contributed by atoms with Crippen molar-refractivity contribution in [1.82, 2.24) is 25.2 Å². The predicted molar refractivity (Wildman–Crippen MR) is 148 cm³/mol. The standard InChI is InChI=1S/C28H31ClN6O5/c1-16(22-4-3-5-24(33-22)39-2)31-26(37)23(15-36)35-14-18-7-6-17(12-20(18)27(35)38)25-21(29)13-30-28(34-25)32-19-8-10-40-11-9-19/h3-7,12-13,16,19,23,36H,8-11,14-15H2,1-2H3,(H,31,37)(H,30,32,34)/t16-,23-/m1/s1. The van der Waals surface area contributed by atoms with Crippen molar-refractivity contribution in [3.8, 4) is 17.1 Å². The minimum atomic E-state index is -1.07. The summed E-state index contributed by atoms with van der Waals surface area (Å²) in [7, 11) is 1.51. The van der Waals surface area contributed by atoms with Crippen molar-refractivity contribution in [3.63, 3.8) is 0 Å². The van der Waals surface area contributed by atoms with E-state index in [1.54, 1.807) is 31.2 Å². The van der Waals surface area contributed by atoms with E-state index in [9.17, 15) is 14.7 Å². The molecule has 210 valence electrons. The van der Waals surface area contributed by atoms with Crippen LogP contribution >= 0.6 is 11.6 Å². The summed E-state index contributed by atoms with van der Waals surface area (Å²) in [5.74, 6) is 0.0394. The van der Waals surface area contributed by atoms with Crippen molar-refractivity contribution in [2.24, 2.45) is 0 Å². The molecule has 2 aromatic heterocycles. The number of hydrogen-bond acceptors (Lipinski definition) is 9. The van der Waals surface area contributed by atoms with E-state index in [-0.39, 0.29) is 18.5 Å². The van der Waals surface area contributed by atoms with Crippen LogP contribution in [0.15, 0.2) is 42.6 Å². The van der Waals surface area contributed by atoms with Crippen LogP contribution in [0.25, 0.3) is 11.3 Å². The number of carbonyl (C=O) groups is 2. The van der Waals surface area contributed by atoms with Crippen LogP contribution in [0.2, 0.25) is 5.02 Å². The Morgan fingerprint density at radius 2 is 2.05 bits per heavy atom. The van der Waals surface area contributed by atoms with Gasteiger partial charge >= 0.3 is 0 Å². The van der Waals surface area contributed by atoms with E-state index in [2.05, 4.69) is 25.6 Å². The molecule has 4 heterocycles. The zero-order valence-electron chi connectivity index (χ0n) is 22.3. The lowest BCUT2D eigenvalue weighted by Gasteiger charge is -2.26. The molecule has 3 aromatic rings. The van der Waals surface area contributed by atoms with Gasteiger partial charge in [-0.3, -0.25) is 9.59 Å². The van der Waals surface area contributed by atoms with Crippen LogP contribution in [0.5, 0.6) is 5.88 Å². The lowest BCUT2D eigenvalue weighted by atomic mass is 10.0. The van der Waals surface area contributed by atoms with Crippen LogP contribution in [0.1, 0.15) is 47.4 Å². The first-order valence-corrected chi connectivity index (χ1v) is 13.5. The van der Waals surface area contributed by atoms with Crippen LogP contribution < -0.4 is 15.4 Å². The monoisotopic (exact) mass is 566 g/mol. The van der Waals surface area contributed by atoms with Gasteiger partial charge in [0.25, 0.3) is 5.91 Å². The number of aromatic nitrogens is 3. The maximum atomic E-state index is 13.5. The van der Waals surface area contributed by atoms with Crippen LogP contribution in [0.3, 0.4) is 0 Å². The third-order valence-electron chi connectivity index (χ3n) is 7.12. The van der Waals surface area contributed by atoms with Gasteiger partial charge in [-0.25, -0.2) is 15.0 Å². The second kappa shape index (κ2) is 12.2. The van der Waals surface area contributed by atoms with Gasteiger partial charge in [-0.05, 0) is 37.5 Å². The van der Waals surface area contributed by atoms with E-state index >= 15 is 0 Å². The molecule has 0 spiro atoms. The van der Waals surface area contributed by atoms with Gasteiger partial charge in [-0.1, -0.05) is 29.8 Å². The van der Waals surface area contributed by atoms with Gasteiger partial charge in [0.2, 0.25) is 17.7 Å². The zero-order chi connectivity index (χ0) is 28.2. The average molecular weight is 567 g/mol. The van der Waals surface area contributed by atoms with E-state index in [4.69, 9.17) is 21.1 Å². The summed E-state index contributed by atoms with van der Waals surface area (Å²) in [6.45, 7) is 2.80. The van der Waals surface area contributed by atoms with E-state index < -0.39 is 24.6 Å². The first kappa shape index (κ1) is 27.8. The number of carbonyl (C=O) groups excluding carboxylic acids is 2. The predicted octanol–water partition coefficient (Wildman–Crippen LogP) is 2.99. The smallest absolute Gasteiger partial charge is 0.255 e. The summed E-state index contributed by atoms with van der Waals surface area (Å²) in [6.07, 6.45) is 3.26. The zero-order valence-corrected chi connectivity index (χ0v) is 23.0. The second-order valence-electron chi connectivity index (χ2n) is 9.76. The number of aliphatic hydroxyl groups is 1. The highest BCUT2D eigenvalue weighted by atomic mass is 35.5. The maximum Gasteiger partial charge on any atom is 0.255 e.